The number of aromatic nitrogens is 3. The van der Waals surface area contributed by atoms with Gasteiger partial charge in [0.2, 0.25) is 5.88 Å². The van der Waals surface area contributed by atoms with E-state index in [1.807, 2.05) is 24.4 Å². The molecule has 1 aliphatic rings. The molecule has 1 N–H and O–H groups in total. The lowest BCUT2D eigenvalue weighted by atomic mass is 10.3. The highest BCUT2D eigenvalue weighted by Crippen LogP contribution is 2.27. The van der Waals surface area contributed by atoms with Crippen molar-refractivity contribution < 1.29 is 4.74 Å². The number of piperazine rings is 1. The number of nitrogens with zero attached hydrogens (tertiary/aromatic N) is 4. The van der Waals surface area contributed by atoms with Crippen LogP contribution in [0.2, 0.25) is 0 Å². The van der Waals surface area contributed by atoms with Crippen LogP contribution in [-0.4, -0.2) is 41.1 Å². The summed E-state index contributed by atoms with van der Waals surface area (Å²) in [6, 6.07) is 10.1. The largest absolute Gasteiger partial charge is 0.471 e. The van der Waals surface area contributed by atoms with Gasteiger partial charge in [-0.15, -0.1) is 11.3 Å². The van der Waals surface area contributed by atoms with Crippen molar-refractivity contribution in [3.05, 3.63) is 53.8 Å². The molecule has 4 heterocycles. The molecule has 25 heavy (non-hydrogen) atoms. The molecule has 3 aromatic heterocycles. The number of rotatable bonds is 5. The average Bonchev–Trinajstić information content (AvgIpc) is 3.17. The summed E-state index contributed by atoms with van der Waals surface area (Å²) in [7, 11) is 0. The first-order valence-electron chi connectivity index (χ1n) is 8.29. The minimum Gasteiger partial charge on any atom is -0.471 e. The van der Waals surface area contributed by atoms with Gasteiger partial charge in [0.15, 0.2) is 5.82 Å². The van der Waals surface area contributed by atoms with Crippen LogP contribution in [0.15, 0.2) is 48.9 Å². The van der Waals surface area contributed by atoms with Gasteiger partial charge in [-0.25, -0.2) is 0 Å². The van der Waals surface area contributed by atoms with Crippen molar-refractivity contribution in [3.8, 4) is 16.5 Å². The highest BCUT2D eigenvalue weighted by atomic mass is 32.1. The third-order valence-corrected chi connectivity index (χ3v) is 5.06. The van der Waals surface area contributed by atoms with Crippen LogP contribution in [0.4, 0.5) is 5.82 Å². The highest BCUT2D eigenvalue weighted by Gasteiger charge is 2.13. The molecule has 0 spiro atoms. The van der Waals surface area contributed by atoms with E-state index in [0.717, 1.165) is 47.4 Å². The van der Waals surface area contributed by atoms with Gasteiger partial charge in [0.05, 0.1) is 23.0 Å². The summed E-state index contributed by atoms with van der Waals surface area (Å²) in [5, 5.41) is 3.34. The number of thiophene rings is 1. The zero-order valence-electron chi connectivity index (χ0n) is 13.8. The minimum absolute atomic E-state index is 0.483. The van der Waals surface area contributed by atoms with Crippen molar-refractivity contribution in [2.75, 3.05) is 31.1 Å². The molecular formula is C18H19N5OS. The van der Waals surface area contributed by atoms with Crippen molar-refractivity contribution in [2.24, 2.45) is 0 Å². The molecule has 4 rings (SSSR count). The van der Waals surface area contributed by atoms with Crippen LogP contribution in [0.1, 0.15) is 4.88 Å². The van der Waals surface area contributed by atoms with E-state index in [1.54, 1.807) is 23.7 Å². The second-order valence-electron chi connectivity index (χ2n) is 5.72. The Morgan fingerprint density at radius 1 is 1.12 bits per heavy atom. The summed E-state index contributed by atoms with van der Waals surface area (Å²) < 4.78 is 5.85. The van der Waals surface area contributed by atoms with Gasteiger partial charge in [-0.3, -0.25) is 9.97 Å². The van der Waals surface area contributed by atoms with Crippen LogP contribution in [0.5, 0.6) is 5.88 Å². The Morgan fingerprint density at radius 2 is 2.04 bits per heavy atom. The fraction of sp³-hybridized carbons (Fsp3) is 0.278. The summed E-state index contributed by atoms with van der Waals surface area (Å²) in [5.41, 5.74) is 0.985. The van der Waals surface area contributed by atoms with Crippen LogP contribution >= 0.6 is 11.3 Å². The van der Waals surface area contributed by atoms with E-state index in [-0.39, 0.29) is 0 Å². The molecule has 0 saturated carbocycles. The number of nitrogens with one attached hydrogen (secondary N) is 1. The first kappa shape index (κ1) is 16.0. The van der Waals surface area contributed by atoms with E-state index in [2.05, 4.69) is 37.3 Å². The average molecular weight is 353 g/mol. The SMILES string of the molecule is c1ccc(-c2ccc(COc3cncc(N4CCNCC4)n3)s2)nc1. The third-order valence-electron chi connectivity index (χ3n) is 3.98. The molecule has 0 aromatic carbocycles. The lowest BCUT2D eigenvalue weighted by Crippen LogP contribution is -2.43. The van der Waals surface area contributed by atoms with Gasteiger partial charge in [0.1, 0.15) is 6.61 Å². The minimum atomic E-state index is 0.483. The number of ether oxygens (including phenoxy) is 1. The molecular weight excluding hydrogens is 334 g/mol. The molecule has 0 amide bonds. The van der Waals surface area contributed by atoms with E-state index in [0.29, 0.717) is 12.5 Å². The van der Waals surface area contributed by atoms with Crippen LogP contribution < -0.4 is 15.0 Å². The number of hydrogen-bond acceptors (Lipinski definition) is 7. The smallest absolute Gasteiger partial charge is 0.234 e. The van der Waals surface area contributed by atoms with Crippen LogP contribution in [0, 0.1) is 0 Å². The molecule has 128 valence electrons. The standard InChI is InChI=1S/C18H19N5OS/c1-2-6-21-15(3-1)16-5-4-14(25-16)13-24-18-12-20-11-17(22-18)23-9-7-19-8-10-23/h1-6,11-12,19H,7-10,13H2. The van der Waals surface area contributed by atoms with Crippen molar-refractivity contribution in [2.45, 2.75) is 6.61 Å². The lowest BCUT2D eigenvalue weighted by molar-refractivity contribution is 0.296. The second kappa shape index (κ2) is 7.58. The Morgan fingerprint density at radius 3 is 2.88 bits per heavy atom. The molecule has 0 bridgehead atoms. The summed E-state index contributed by atoms with van der Waals surface area (Å²) >= 11 is 1.68. The van der Waals surface area contributed by atoms with E-state index in [4.69, 9.17) is 4.74 Å². The van der Waals surface area contributed by atoms with Gasteiger partial charge >= 0.3 is 0 Å². The van der Waals surface area contributed by atoms with Gasteiger partial charge in [0, 0.05) is 37.3 Å². The van der Waals surface area contributed by atoms with Gasteiger partial charge < -0.3 is 15.0 Å². The highest BCUT2D eigenvalue weighted by molar-refractivity contribution is 7.15. The summed E-state index contributed by atoms with van der Waals surface area (Å²) in [5.74, 6) is 1.43. The molecule has 0 radical (unpaired) electrons. The normalized spacial score (nSPS) is 14.5. The van der Waals surface area contributed by atoms with E-state index < -0.39 is 0 Å². The van der Waals surface area contributed by atoms with E-state index >= 15 is 0 Å². The third kappa shape index (κ3) is 3.94. The summed E-state index contributed by atoms with van der Waals surface area (Å²) in [6.45, 7) is 4.31. The first-order valence-corrected chi connectivity index (χ1v) is 9.11. The van der Waals surface area contributed by atoms with Gasteiger partial charge in [-0.2, -0.15) is 4.98 Å². The Bertz CT molecular complexity index is 817. The van der Waals surface area contributed by atoms with Crippen molar-refractivity contribution in [3.63, 3.8) is 0 Å². The maximum atomic E-state index is 5.85. The van der Waals surface area contributed by atoms with Crippen molar-refractivity contribution in [1.82, 2.24) is 20.3 Å². The number of anilines is 1. The molecule has 6 nitrogen and oxygen atoms in total. The molecule has 0 atom stereocenters. The van der Waals surface area contributed by atoms with E-state index in [9.17, 15) is 0 Å². The first-order chi connectivity index (χ1) is 12.4. The molecule has 1 saturated heterocycles. The lowest BCUT2D eigenvalue weighted by Gasteiger charge is -2.28. The number of pyridine rings is 1. The zero-order chi connectivity index (χ0) is 16.9. The van der Waals surface area contributed by atoms with Crippen LogP contribution in [-0.2, 0) is 6.61 Å². The molecule has 0 unspecified atom stereocenters. The predicted octanol–water partition coefficient (Wildman–Crippen LogP) is 2.59. The Kier molecular flexibility index (Phi) is 4.85. The van der Waals surface area contributed by atoms with Crippen molar-refractivity contribution >= 4 is 17.2 Å². The Labute approximate surface area is 150 Å². The molecule has 0 aliphatic carbocycles. The van der Waals surface area contributed by atoms with Crippen molar-refractivity contribution in [1.29, 1.82) is 0 Å². The molecule has 3 aromatic rings. The zero-order valence-corrected chi connectivity index (χ0v) is 14.6. The Hall–Kier alpha value is -2.51. The van der Waals surface area contributed by atoms with Crippen LogP contribution in [0.3, 0.4) is 0 Å². The fourth-order valence-corrected chi connectivity index (χ4v) is 3.60. The maximum Gasteiger partial charge on any atom is 0.234 e. The predicted molar refractivity (Wildman–Crippen MR) is 99.0 cm³/mol. The van der Waals surface area contributed by atoms with E-state index in [1.165, 1.54) is 0 Å². The van der Waals surface area contributed by atoms with Gasteiger partial charge in [0.25, 0.3) is 0 Å². The molecule has 1 fully saturated rings. The summed E-state index contributed by atoms with van der Waals surface area (Å²) in [4.78, 5) is 17.7. The van der Waals surface area contributed by atoms with Gasteiger partial charge in [-0.1, -0.05) is 6.07 Å². The fourth-order valence-electron chi connectivity index (χ4n) is 2.70. The quantitative estimate of drug-likeness (QED) is 0.761. The monoisotopic (exact) mass is 353 g/mol. The Balaban J connectivity index is 1.41. The molecule has 1 aliphatic heterocycles. The molecule has 7 heteroatoms. The number of hydrogen-bond donors (Lipinski definition) is 1. The maximum absolute atomic E-state index is 5.85. The second-order valence-corrected chi connectivity index (χ2v) is 6.89. The summed E-state index contributed by atoms with van der Waals surface area (Å²) in [6.07, 6.45) is 5.27. The topological polar surface area (TPSA) is 63.2 Å². The van der Waals surface area contributed by atoms with Gasteiger partial charge in [-0.05, 0) is 24.3 Å². The van der Waals surface area contributed by atoms with Crippen LogP contribution in [0.25, 0.3) is 10.6 Å².